The SMILES string of the molecule is C[C@H](O)c1ccc(OCc2nc3ccccc3s2)c(Cl)c1. The summed E-state index contributed by atoms with van der Waals surface area (Å²) in [5.41, 5.74) is 1.75. The van der Waals surface area contributed by atoms with E-state index >= 15 is 0 Å². The van der Waals surface area contributed by atoms with Crippen LogP contribution in [-0.2, 0) is 6.61 Å². The van der Waals surface area contributed by atoms with E-state index < -0.39 is 6.10 Å². The summed E-state index contributed by atoms with van der Waals surface area (Å²) in [6.07, 6.45) is -0.541. The summed E-state index contributed by atoms with van der Waals surface area (Å²) in [7, 11) is 0. The third-order valence-electron chi connectivity index (χ3n) is 3.13. The first-order valence-corrected chi connectivity index (χ1v) is 7.77. The lowest BCUT2D eigenvalue weighted by molar-refractivity contribution is 0.199. The summed E-state index contributed by atoms with van der Waals surface area (Å²) in [5, 5.41) is 10.9. The van der Waals surface area contributed by atoms with E-state index in [-0.39, 0.29) is 0 Å². The Morgan fingerprint density at radius 1 is 1.29 bits per heavy atom. The molecule has 3 nitrogen and oxygen atoms in total. The van der Waals surface area contributed by atoms with Crippen molar-refractivity contribution in [1.82, 2.24) is 4.98 Å². The number of hydrogen-bond acceptors (Lipinski definition) is 4. The number of ether oxygens (including phenoxy) is 1. The van der Waals surface area contributed by atoms with Crippen molar-refractivity contribution in [2.24, 2.45) is 0 Å². The topological polar surface area (TPSA) is 42.4 Å². The zero-order chi connectivity index (χ0) is 14.8. The molecule has 0 radical (unpaired) electrons. The summed E-state index contributed by atoms with van der Waals surface area (Å²) in [5.74, 6) is 0.598. The highest BCUT2D eigenvalue weighted by molar-refractivity contribution is 7.18. The van der Waals surface area contributed by atoms with Crippen LogP contribution in [0.4, 0.5) is 0 Å². The molecule has 1 heterocycles. The van der Waals surface area contributed by atoms with Gasteiger partial charge in [-0.2, -0.15) is 0 Å². The molecule has 3 rings (SSSR count). The number of aliphatic hydroxyl groups is 1. The van der Waals surface area contributed by atoms with E-state index in [9.17, 15) is 5.11 Å². The third kappa shape index (κ3) is 3.18. The lowest BCUT2D eigenvalue weighted by atomic mass is 10.1. The molecule has 0 aliphatic heterocycles. The predicted octanol–water partition coefficient (Wildman–Crippen LogP) is 4.58. The van der Waals surface area contributed by atoms with Crippen LogP contribution < -0.4 is 4.74 Å². The minimum Gasteiger partial charge on any atom is -0.485 e. The number of fused-ring (bicyclic) bond motifs is 1. The van der Waals surface area contributed by atoms with E-state index in [1.807, 2.05) is 30.3 Å². The summed E-state index contributed by atoms with van der Waals surface area (Å²) in [4.78, 5) is 4.51. The lowest BCUT2D eigenvalue weighted by Crippen LogP contribution is -1.97. The van der Waals surface area contributed by atoms with Crippen LogP contribution in [-0.4, -0.2) is 10.1 Å². The maximum atomic E-state index is 9.52. The van der Waals surface area contributed by atoms with Gasteiger partial charge in [0.1, 0.15) is 17.4 Å². The van der Waals surface area contributed by atoms with Crippen molar-refractivity contribution in [3.8, 4) is 5.75 Å². The molecule has 0 spiro atoms. The van der Waals surface area contributed by atoms with E-state index in [0.29, 0.717) is 17.4 Å². The summed E-state index contributed by atoms with van der Waals surface area (Å²) in [6.45, 7) is 2.08. The van der Waals surface area contributed by atoms with Gasteiger partial charge in [0.05, 0.1) is 21.3 Å². The molecule has 108 valence electrons. The van der Waals surface area contributed by atoms with Crippen LogP contribution in [0.1, 0.15) is 23.6 Å². The van der Waals surface area contributed by atoms with Crippen LogP contribution in [0.3, 0.4) is 0 Å². The lowest BCUT2D eigenvalue weighted by Gasteiger charge is -2.09. The van der Waals surface area contributed by atoms with Crippen molar-refractivity contribution in [2.45, 2.75) is 19.6 Å². The number of benzene rings is 2. The molecule has 0 unspecified atom stereocenters. The van der Waals surface area contributed by atoms with Crippen molar-refractivity contribution in [3.05, 3.63) is 58.1 Å². The van der Waals surface area contributed by atoms with Gasteiger partial charge in [-0.15, -0.1) is 11.3 Å². The molecule has 2 aromatic carbocycles. The predicted molar refractivity (Wildman–Crippen MR) is 86.0 cm³/mol. The van der Waals surface area contributed by atoms with Gasteiger partial charge in [-0.3, -0.25) is 0 Å². The monoisotopic (exact) mass is 319 g/mol. The van der Waals surface area contributed by atoms with Gasteiger partial charge in [-0.25, -0.2) is 4.98 Å². The Kier molecular flexibility index (Phi) is 4.10. The molecule has 0 saturated carbocycles. The van der Waals surface area contributed by atoms with Crippen LogP contribution in [0.5, 0.6) is 5.75 Å². The molecule has 21 heavy (non-hydrogen) atoms. The Balaban J connectivity index is 1.75. The van der Waals surface area contributed by atoms with Gasteiger partial charge in [0, 0.05) is 0 Å². The smallest absolute Gasteiger partial charge is 0.140 e. The number of nitrogens with zero attached hydrogens (tertiary/aromatic N) is 1. The van der Waals surface area contributed by atoms with Crippen molar-refractivity contribution in [2.75, 3.05) is 0 Å². The van der Waals surface area contributed by atoms with Crippen molar-refractivity contribution >= 4 is 33.2 Å². The first kappa shape index (κ1) is 14.3. The van der Waals surface area contributed by atoms with Crippen LogP contribution in [0, 0.1) is 0 Å². The maximum absolute atomic E-state index is 9.52. The van der Waals surface area contributed by atoms with Crippen molar-refractivity contribution < 1.29 is 9.84 Å². The average molecular weight is 320 g/mol. The highest BCUT2D eigenvalue weighted by Crippen LogP contribution is 2.29. The van der Waals surface area contributed by atoms with Gasteiger partial charge in [0.25, 0.3) is 0 Å². The van der Waals surface area contributed by atoms with Gasteiger partial charge in [-0.1, -0.05) is 29.8 Å². The number of halogens is 1. The molecule has 0 amide bonds. The molecule has 0 aliphatic rings. The Morgan fingerprint density at radius 3 is 2.81 bits per heavy atom. The van der Waals surface area contributed by atoms with Crippen LogP contribution in [0.25, 0.3) is 10.2 Å². The Morgan fingerprint density at radius 2 is 2.10 bits per heavy atom. The number of aromatic nitrogens is 1. The van der Waals surface area contributed by atoms with Gasteiger partial charge in [0.2, 0.25) is 0 Å². The summed E-state index contributed by atoms with van der Waals surface area (Å²) < 4.78 is 6.87. The fourth-order valence-electron chi connectivity index (χ4n) is 2.02. The fourth-order valence-corrected chi connectivity index (χ4v) is 3.14. The second-order valence-corrected chi connectivity index (χ2v) is 6.25. The summed E-state index contributed by atoms with van der Waals surface area (Å²) in [6, 6.07) is 13.3. The number of hydrogen-bond donors (Lipinski definition) is 1. The van der Waals surface area contributed by atoms with Crippen molar-refractivity contribution in [1.29, 1.82) is 0 Å². The molecule has 0 fully saturated rings. The Labute approximate surface area is 131 Å². The standard InChI is InChI=1S/C16H14ClNO2S/c1-10(19)11-6-7-14(12(17)8-11)20-9-16-18-13-4-2-3-5-15(13)21-16/h2-8,10,19H,9H2,1H3/t10-/m0/s1. The quantitative estimate of drug-likeness (QED) is 0.765. The normalized spacial score (nSPS) is 12.5. The van der Waals surface area contributed by atoms with Gasteiger partial charge < -0.3 is 9.84 Å². The van der Waals surface area contributed by atoms with Gasteiger partial charge in [-0.05, 0) is 36.8 Å². The van der Waals surface area contributed by atoms with E-state index in [0.717, 1.165) is 20.8 Å². The molecule has 1 aromatic heterocycles. The molecule has 1 atom stereocenters. The molecule has 3 aromatic rings. The maximum Gasteiger partial charge on any atom is 0.140 e. The zero-order valence-corrected chi connectivity index (χ0v) is 13.0. The molecular formula is C16H14ClNO2S. The van der Waals surface area contributed by atoms with E-state index in [1.54, 1.807) is 30.4 Å². The molecule has 0 aliphatic carbocycles. The third-order valence-corrected chi connectivity index (χ3v) is 4.43. The molecule has 5 heteroatoms. The second kappa shape index (κ2) is 6.02. The zero-order valence-electron chi connectivity index (χ0n) is 11.4. The van der Waals surface area contributed by atoms with Crippen molar-refractivity contribution in [3.63, 3.8) is 0 Å². The number of para-hydroxylation sites is 1. The Hall–Kier alpha value is -1.62. The van der Waals surface area contributed by atoms with Gasteiger partial charge in [0.15, 0.2) is 0 Å². The number of thiazole rings is 1. The van der Waals surface area contributed by atoms with E-state index in [4.69, 9.17) is 16.3 Å². The molecule has 0 bridgehead atoms. The second-order valence-electron chi connectivity index (χ2n) is 4.73. The largest absolute Gasteiger partial charge is 0.485 e. The highest BCUT2D eigenvalue weighted by Gasteiger charge is 2.08. The Bertz CT molecular complexity index is 737. The van der Waals surface area contributed by atoms with Gasteiger partial charge >= 0.3 is 0 Å². The number of rotatable bonds is 4. The van der Waals surface area contributed by atoms with Crippen LogP contribution >= 0.6 is 22.9 Å². The van der Waals surface area contributed by atoms with E-state index in [1.165, 1.54) is 0 Å². The first-order valence-electron chi connectivity index (χ1n) is 6.58. The molecule has 0 saturated heterocycles. The van der Waals surface area contributed by atoms with Crippen LogP contribution in [0.15, 0.2) is 42.5 Å². The molecular weight excluding hydrogens is 306 g/mol. The minimum absolute atomic E-state index is 0.382. The number of aliphatic hydroxyl groups excluding tert-OH is 1. The van der Waals surface area contributed by atoms with E-state index in [2.05, 4.69) is 4.98 Å². The fraction of sp³-hybridized carbons (Fsp3) is 0.188. The molecule has 1 N–H and O–H groups in total. The summed E-state index contributed by atoms with van der Waals surface area (Å²) >= 11 is 7.78. The highest BCUT2D eigenvalue weighted by atomic mass is 35.5. The minimum atomic E-state index is -0.541. The van der Waals surface area contributed by atoms with Crippen LogP contribution in [0.2, 0.25) is 5.02 Å². The first-order chi connectivity index (χ1) is 10.1. The average Bonchev–Trinajstić information content (AvgIpc) is 2.88.